The van der Waals surface area contributed by atoms with Gasteiger partial charge in [0.25, 0.3) is 0 Å². The van der Waals surface area contributed by atoms with Crippen LogP contribution in [0.15, 0.2) is 0 Å². The summed E-state index contributed by atoms with van der Waals surface area (Å²) in [5.41, 5.74) is 0. The van der Waals surface area contributed by atoms with E-state index in [1.807, 2.05) is 0 Å². The Morgan fingerprint density at radius 1 is 1.50 bits per heavy atom. The van der Waals surface area contributed by atoms with Crippen molar-refractivity contribution in [2.45, 2.75) is 6.92 Å². The molecule has 1 unspecified atom stereocenters. The molecule has 0 fully saturated rings. The van der Waals surface area contributed by atoms with E-state index < -0.39 is 0 Å². The molecule has 0 aliphatic heterocycles. The topological polar surface area (TPSA) is 3.24 Å². The zero-order chi connectivity index (χ0) is 6.57. The van der Waals surface area contributed by atoms with E-state index in [9.17, 15) is 0 Å². The molecular weight excluding hydrogens is 270 g/mol. The van der Waals surface area contributed by atoms with Gasteiger partial charge in [-0.25, -0.2) is 0 Å². The molecule has 1 nitrogen and oxygen atoms in total. The molecule has 0 bridgehead atoms. The average Bonchev–Trinajstić information content (AvgIpc) is 1.65. The Hall–Kier alpha value is 1.65. The van der Waals surface area contributed by atoms with Gasteiger partial charge in [-0.3, -0.25) is 0 Å². The average molecular weight is 284 g/mol. The Morgan fingerprint density at radius 3 is 2.12 bits per heavy atom. The molecule has 8 heavy (non-hydrogen) atoms. The summed E-state index contributed by atoms with van der Waals surface area (Å²) in [5.74, 6) is 0. The quantitative estimate of drug-likeness (QED) is 0.562. The first-order valence-corrected chi connectivity index (χ1v) is 7.89. The van der Waals surface area contributed by atoms with E-state index in [2.05, 4.69) is 29.1 Å². The van der Waals surface area contributed by atoms with Crippen molar-refractivity contribution in [1.82, 2.24) is 1.39 Å². The van der Waals surface area contributed by atoms with E-state index >= 15 is 0 Å². The van der Waals surface area contributed by atoms with Crippen molar-refractivity contribution in [3.05, 3.63) is 0 Å². The zero-order valence-electron chi connectivity index (χ0n) is 5.90. The summed E-state index contributed by atoms with van der Waals surface area (Å²) in [5, 5.41) is 0. The molecule has 0 saturated carbocycles. The van der Waals surface area contributed by atoms with Gasteiger partial charge in [-0.1, -0.05) is 0 Å². The Balaban J connectivity index is 3.10. The molecule has 0 aliphatic rings. The maximum atomic E-state index is 2.39. The summed E-state index contributed by atoms with van der Waals surface area (Å²) < 4.78 is 2.76. The van der Waals surface area contributed by atoms with Gasteiger partial charge >= 0.3 is 72.0 Å². The van der Waals surface area contributed by atoms with Gasteiger partial charge in [0.15, 0.2) is 0 Å². The van der Waals surface area contributed by atoms with Gasteiger partial charge in [0.1, 0.15) is 0 Å². The van der Waals surface area contributed by atoms with Crippen molar-refractivity contribution in [3.63, 3.8) is 0 Å². The van der Waals surface area contributed by atoms with Gasteiger partial charge in [0.05, 0.1) is 0 Å². The van der Waals surface area contributed by atoms with Crippen LogP contribution >= 0.6 is 3.33 Å². The first kappa shape index (κ1) is 9.65. The molecule has 0 spiro atoms. The Labute approximate surface area is 71.3 Å². The van der Waals surface area contributed by atoms with Crippen molar-refractivity contribution in [2.24, 2.45) is 0 Å². The Morgan fingerprint density at radius 2 is 2.00 bits per heavy atom. The number of hydrogen-bond acceptors (Lipinski definition) is 1. The van der Waals surface area contributed by atoms with Crippen LogP contribution in [0.1, 0.15) is 6.92 Å². The molecule has 0 aromatic carbocycles. The van der Waals surface area contributed by atoms with Crippen LogP contribution in [0.4, 0.5) is 0 Å². The first-order valence-electron chi connectivity index (χ1n) is 2.63. The number of hydrogen-bond donors (Lipinski definition) is 0. The summed E-state index contributed by atoms with van der Waals surface area (Å²) in [6.07, 6.45) is 1.40. The normalized spacial score (nSPS) is 15.1. The third-order valence-corrected chi connectivity index (χ3v) is 8.04. The maximum absolute atomic E-state index is 2.39. The van der Waals surface area contributed by atoms with E-state index in [1.165, 1.54) is 6.16 Å². The second-order valence-electron chi connectivity index (χ2n) is 1.64. The second kappa shape index (κ2) is 5.44. The molecule has 55 valence electrons. The second-order valence-corrected chi connectivity index (χ2v) is 10.8. The van der Waals surface area contributed by atoms with Crippen LogP contribution in [-0.4, -0.2) is 28.3 Å². The van der Waals surface area contributed by atoms with Crippen molar-refractivity contribution in [1.29, 1.82) is 0 Å². The van der Waals surface area contributed by atoms with Crippen molar-refractivity contribution in [3.8, 4) is 0 Å². The van der Waals surface area contributed by atoms with Crippen molar-refractivity contribution >= 4 is 3.33 Å². The van der Waals surface area contributed by atoms with Gasteiger partial charge in [0.2, 0.25) is 0 Å². The zero-order valence-corrected chi connectivity index (χ0v) is 8.73. The predicted octanol–water partition coefficient (Wildman–Crippen LogP) is 1.59. The van der Waals surface area contributed by atoms with Crippen LogP contribution in [0, 0.1) is 33.5 Å². The van der Waals surface area contributed by atoms with Crippen LogP contribution in [0.2, 0.25) is 0 Å². The summed E-state index contributed by atoms with van der Waals surface area (Å²) >= 11 is 0.503. The van der Waals surface area contributed by atoms with Crippen LogP contribution < -0.4 is 0 Å². The summed E-state index contributed by atoms with van der Waals surface area (Å²) in [7, 11) is 4.35. The molecule has 0 aromatic rings. The van der Waals surface area contributed by atoms with Gasteiger partial charge in [-0.15, -0.1) is 0 Å². The molecule has 0 aliphatic carbocycles. The summed E-state index contributed by atoms with van der Waals surface area (Å²) in [6, 6.07) is 0. The monoisotopic (exact) mass is 284 g/mol. The van der Waals surface area contributed by atoms with E-state index in [0.29, 0.717) is 36.8 Å². The Bertz CT molecular complexity index is 58.4. The summed E-state index contributed by atoms with van der Waals surface area (Å²) in [4.78, 5) is 0. The summed E-state index contributed by atoms with van der Waals surface area (Å²) in [6.45, 7) is 4.67. The molecule has 0 amide bonds. The fraction of sp³-hybridized carbons (Fsp3) is 1.00. The molecule has 0 heterocycles. The minimum absolute atomic E-state index is 0.405. The fourth-order valence-corrected chi connectivity index (χ4v) is 5.53. The molecular formula is C5H14HoNP. The van der Waals surface area contributed by atoms with E-state index in [4.69, 9.17) is 0 Å². The molecule has 0 N–H and O–H groups in total. The van der Waals surface area contributed by atoms with Crippen LogP contribution in [0.3, 0.4) is 0 Å². The molecule has 0 rings (SSSR count). The minimum atomic E-state index is 0.405. The van der Waals surface area contributed by atoms with Gasteiger partial charge < -0.3 is 0 Å². The Kier molecular flexibility index (Phi) is 6.56. The van der Waals surface area contributed by atoms with E-state index in [0.717, 1.165) is 0 Å². The van der Waals surface area contributed by atoms with Crippen LogP contribution in [0.25, 0.3) is 0 Å². The van der Waals surface area contributed by atoms with Gasteiger partial charge in [0, 0.05) is 0 Å². The molecule has 0 radical (unpaired) electrons. The standard InChI is InChI=1S/C3H8P.C2H6N.Ho/c1-3-4-2;1-3-2;/h3H2,1-2H3;1-2H3;/q2*-1;+2. The van der Waals surface area contributed by atoms with Crippen LogP contribution in [0.5, 0.6) is 0 Å². The number of nitrogens with zero attached hydrogens (tertiary/aromatic N) is 1. The molecule has 0 saturated heterocycles. The van der Waals surface area contributed by atoms with Gasteiger partial charge in [-0.05, 0) is 0 Å². The van der Waals surface area contributed by atoms with Crippen LogP contribution in [-0.2, 0) is 0 Å². The van der Waals surface area contributed by atoms with Crippen molar-refractivity contribution < 1.29 is 33.5 Å². The van der Waals surface area contributed by atoms with Gasteiger partial charge in [-0.2, -0.15) is 0 Å². The first-order chi connectivity index (χ1) is 3.66. The number of rotatable bonds is 3. The molecule has 0 aromatic heterocycles. The SMILES string of the molecule is CC[P](C)[Ho][N](C)C. The molecule has 3 heteroatoms. The van der Waals surface area contributed by atoms with E-state index in [1.54, 1.807) is 0 Å². The van der Waals surface area contributed by atoms with Crippen molar-refractivity contribution in [2.75, 3.05) is 26.9 Å². The predicted molar refractivity (Wildman–Crippen MR) is 37.1 cm³/mol. The third kappa shape index (κ3) is 5.78. The fourth-order valence-electron chi connectivity index (χ4n) is 0.249. The van der Waals surface area contributed by atoms with E-state index in [-0.39, 0.29) is 0 Å². The molecule has 1 atom stereocenters. The third-order valence-electron chi connectivity index (χ3n) is 0.635.